The van der Waals surface area contributed by atoms with Crippen LogP contribution in [-0.2, 0) is 4.79 Å². The van der Waals surface area contributed by atoms with Crippen LogP contribution >= 0.6 is 33.2 Å². The third-order valence-corrected chi connectivity index (χ3v) is 8.17. The second-order valence-corrected chi connectivity index (χ2v) is 17.7. The Labute approximate surface area is 195 Å². The molecule has 0 rings (SSSR count). The van der Waals surface area contributed by atoms with E-state index in [4.69, 9.17) is 33.2 Å². The third-order valence-electron chi connectivity index (χ3n) is 5.54. The molecule has 0 saturated carbocycles. The highest BCUT2D eigenvalue weighted by molar-refractivity contribution is 7.64. The first-order chi connectivity index (χ1) is 14.1. The van der Waals surface area contributed by atoms with Gasteiger partial charge in [0.25, 0.3) is 0 Å². The highest BCUT2D eigenvalue weighted by atomic mass is 35.8. The largest absolute Gasteiger partial charge is 0.341 e. The van der Waals surface area contributed by atoms with Crippen LogP contribution < -0.4 is 0 Å². The predicted molar refractivity (Wildman–Crippen MR) is 133 cm³/mol. The molecule has 0 aromatic rings. The highest BCUT2D eigenvalue weighted by Crippen LogP contribution is 2.27. The summed E-state index contributed by atoms with van der Waals surface area (Å²) in [6.45, 7) is 0.658. The standard InChI is InChI=1S/C23H44Cl3NOSi/c24-29(25,26)22-20-18-16-14-12-10-8-6-4-2-1-3-5-7-9-11-13-15-17-19-21-27-23-28/h1-22H2. The lowest BCUT2D eigenvalue weighted by Crippen LogP contribution is -2.07. The van der Waals surface area contributed by atoms with Crippen molar-refractivity contribution >= 4 is 45.3 Å². The minimum atomic E-state index is -2.37. The number of nitrogens with zero attached hydrogens (tertiary/aromatic N) is 1. The maximum atomic E-state index is 9.94. The molecular formula is C23H44Cl3NOSi. The van der Waals surface area contributed by atoms with Crippen molar-refractivity contribution in [2.75, 3.05) is 6.54 Å². The van der Waals surface area contributed by atoms with Crippen molar-refractivity contribution in [2.45, 2.75) is 134 Å². The van der Waals surface area contributed by atoms with E-state index in [9.17, 15) is 4.79 Å². The fraction of sp³-hybridized carbons (Fsp3) is 0.957. The molecule has 0 aromatic carbocycles. The van der Waals surface area contributed by atoms with E-state index in [-0.39, 0.29) is 0 Å². The molecule has 0 radical (unpaired) electrons. The topological polar surface area (TPSA) is 29.4 Å². The van der Waals surface area contributed by atoms with Gasteiger partial charge in [-0.05, 0) is 12.5 Å². The summed E-state index contributed by atoms with van der Waals surface area (Å²) in [5.74, 6) is 0. The number of carbonyl (C=O) groups excluding carboxylic acids is 1. The van der Waals surface area contributed by atoms with E-state index in [0.29, 0.717) is 6.54 Å². The Kier molecular flexibility index (Phi) is 23.5. The summed E-state index contributed by atoms with van der Waals surface area (Å²) in [6, 6.07) is -1.55. The van der Waals surface area contributed by atoms with E-state index in [0.717, 1.165) is 18.9 Å². The molecule has 0 aromatic heterocycles. The van der Waals surface area contributed by atoms with Crippen LogP contribution in [0.4, 0.5) is 0 Å². The van der Waals surface area contributed by atoms with E-state index < -0.39 is 6.00 Å². The number of isocyanates is 1. The first-order valence-corrected chi connectivity index (χ1v) is 17.4. The Balaban J connectivity index is 3.04. The number of halogens is 3. The van der Waals surface area contributed by atoms with Gasteiger partial charge in [-0.3, -0.25) is 0 Å². The van der Waals surface area contributed by atoms with Crippen LogP contribution in [0.1, 0.15) is 128 Å². The number of unbranched alkanes of at least 4 members (excludes halogenated alkanes) is 19. The van der Waals surface area contributed by atoms with Crippen molar-refractivity contribution in [3.63, 3.8) is 0 Å². The molecule has 0 N–H and O–H groups in total. The fourth-order valence-electron chi connectivity index (χ4n) is 3.74. The molecule has 0 aliphatic rings. The summed E-state index contributed by atoms with van der Waals surface area (Å²) in [6.07, 6.45) is 28.2. The smallest absolute Gasteiger partial charge is 0.211 e. The summed E-state index contributed by atoms with van der Waals surface area (Å²) in [7, 11) is 0. The van der Waals surface area contributed by atoms with Crippen LogP contribution in [0.3, 0.4) is 0 Å². The Morgan fingerprint density at radius 2 is 0.759 bits per heavy atom. The molecule has 0 fully saturated rings. The summed E-state index contributed by atoms with van der Waals surface area (Å²) < 4.78 is 0. The lowest BCUT2D eigenvalue weighted by molar-refractivity contribution is 0.522. The summed E-state index contributed by atoms with van der Waals surface area (Å²) in [4.78, 5) is 13.5. The molecule has 172 valence electrons. The number of hydrogen-bond donors (Lipinski definition) is 0. The van der Waals surface area contributed by atoms with Crippen LogP contribution in [0.15, 0.2) is 4.99 Å². The Bertz CT molecular complexity index is 385. The first-order valence-electron chi connectivity index (χ1n) is 12.2. The second kappa shape index (κ2) is 23.1. The van der Waals surface area contributed by atoms with E-state index in [1.807, 2.05) is 0 Å². The second-order valence-electron chi connectivity index (χ2n) is 8.41. The number of rotatable bonds is 23. The predicted octanol–water partition coefficient (Wildman–Crippen LogP) is 9.78. The van der Waals surface area contributed by atoms with Crippen LogP contribution in [0.5, 0.6) is 0 Å². The van der Waals surface area contributed by atoms with Gasteiger partial charge >= 0.3 is 6.00 Å². The maximum absolute atomic E-state index is 9.94. The molecule has 0 saturated heterocycles. The summed E-state index contributed by atoms with van der Waals surface area (Å²) >= 11 is 17.7. The van der Waals surface area contributed by atoms with Gasteiger partial charge in [0, 0.05) is 0 Å². The van der Waals surface area contributed by atoms with Gasteiger partial charge in [0.05, 0.1) is 6.54 Å². The van der Waals surface area contributed by atoms with Crippen molar-refractivity contribution in [1.29, 1.82) is 0 Å². The van der Waals surface area contributed by atoms with Crippen molar-refractivity contribution in [3.8, 4) is 0 Å². The van der Waals surface area contributed by atoms with Gasteiger partial charge in [0.2, 0.25) is 6.08 Å². The van der Waals surface area contributed by atoms with Crippen molar-refractivity contribution in [2.24, 2.45) is 4.99 Å². The number of aliphatic imine (C=N–C) groups is 1. The molecule has 0 heterocycles. The average molecular weight is 485 g/mol. The van der Waals surface area contributed by atoms with Gasteiger partial charge in [-0.1, -0.05) is 122 Å². The molecule has 0 spiro atoms. The molecule has 2 nitrogen and oxygen atoms in total. The lowest BCUT2D eigenvalue weighted by Gasteiger charge is -2.07. The Morgan fingerprint density at radius 3 is 1.03 bits per heavy atom. The molecule has 0 bridgehead atoms. The van der Waals surface area contributed by atoms with Gasteiger partial charge in [-0.15, -0.1) is 33.2 Å². The monoisotopic (exact) mass is 483 g/mol. The Hall–Kier alpha value is 0.467. The van der Waals surface area contributed by atoms with Gasteiger partial charge in [0.15, 0.2) is 0 Å². The van der Waals surface area contributed by atoms with Gasteiger partial charge < -0.3 is 0 Å². The molecule has 0 aliphatic carbocycles. The van der Waals surface area contributed by atoms with E-state index in [2.05, 4.69) is 4.99 Å². The maximum Gasteiger partial charge on any atom is 0.341 e. The fourth-order valence-corrected chi connectivity index (χ4v) is 5.60. The lowest BCUT2D eigenvalue weighted by atomic mass is 10.0. The molecule has 6 heteroatoms. The molecule has 0 unspecified atom stereocenters. The highest BCUT2D eigenvalue weighted by Gasteiger charge is 2.23. The quantitative estimate of drug-likeness (QED) is 0.0466. The molecular weight excluding hydrogens is 441 g/mol. The summed E-state index contributed by atoms with van der Waals surface area (Å²) in [5.41, 5.74) is 0. The average Bonchev–Trinajstić information content (AvgIpc) is 2.67. The SMILES string of the molecule is O=C=NCCCCCCCCCCCCCCCCCCCCCC[Si](Cl)(Cl)Cl. The van der Waals surface area contributed by atoms with Crippen LogP contribution in [-0.4, -0.2) is 18.6 Å². The van der Waals surface area contributed by atoms with Crippen LogP contribution in [0, 0.1) is 0 Å². The van der Waals surface area contributed by atoms with Crippen molar-refractivity contribution < 1.29 is 4.79 Å². The van der Waals surface area contributed by atoms with Gasteiger partial charge in [0.1, 0.15) is 0 Å². The third kappa shape index (κ3) is 28.5. The minimum Gasteiger partial charge on any atom is -0.211 e. The molecule has 0 aliphatic heterocycles. The summed E-state index contributed by atoms with van der Waals surface area (Å²) in [5, 5.41) is 0. The number of hydrogen-bond acceptors (Lipinski definition) is 2. The Morgan fingerprint density at radius 1 is 0.483 bits per heavy atom. The van der Waals surface area contributed by atoms with Gasteiger partial charge in [-0.25, -0.2) is 9.79 Å². The molecule has 29 heavy (non-hydrogen) atoms. The molecule has 0 atom stereocenters. The minimum absolute atomic E-state index is 0.658. The zero-order valence-corrected chi connectivity index (χ0v) is 21.8. The molecule has 0 amide bonds. The van der Waals surface area contributed by atoms with E-state index >= 15 is 0 Å². The normalized spacial score (nSPS) is 11.6. The van der Waals surface area contributed by atoms with Gasteiger partial charge in [-0.2, -0.15) is 0 Å². The van der Waals surface area contributed by atoms with Crippen molar-refractivity contribution in [3.05, 3.63) is 0 Å². The van der Waals surface area contributed by atoms with Crippen molar-refractivity contribution in [1.82, 2.24) is 0 Å². The van der Waals surface area contributed by atoms with Crippen LogP contribution in [0.25, 0.3) is 0 Å². The van der Waals surface area contributed by atoms with E-state index in [1.54, 1.807) is 6.08 Å². The zero-order chi connectivity index (χ0) is 21.5. The first kappa shape index (κ1) is 29.5. The van der Waals surface area contributed by atoms with Crippen LogP contribution in [0.2, 0.25) is 6.04 Å². The zero-order valence-electron chi connectivity index (χ0n) is 18.5. The van der Waals surface area contributed by atoms with E-state index in [1.165, 1.54) is 116 Å².